The molecule has 6 heteroatoms. The molecule has 82 valence electrons. The van der Waals surface area contributed by atoms with E-state index in [1.54, 1.807) is 0 Å². The van der Waals surface area contributed by atoms with Gasteiger partial charge in [-0.3, -0.25) is 0 Å². The highest BCUT2D eigenvalue weighted by atomic mass is 79.9. The van der Waals surface area contributed by atoms with Gasteiger partial charge in [0.25, 0.3) is 0 Å². The van der Waals surface area contributed by atoms with Crippen LogP contribution in [0.1, 0.15) is 11.1 Å². The Morgan fingerprint density at radius 1 is 1.31 bits per heavy atom. The van der Waals surface area contributed by atoms with E-state index >= 15 is 0 Å². The molecule has 1 unspecified atom stereocenters. The maximum atomic E-state index is 5.79. The Hall–Kier alpha value is -1.14. The molecule has 1 atom stereocenters. The molecule has 0 bridgehead atoms. The zero-order valence-electron chi connectivity index (χ0n) is 8.09. The van der Waals surface area contributed by atoms with Crippen molar-refractivity contribution in [1.29, 1.82) is 0 Å². The first-order chi connectivity index (χ1) is 7.83. The van der Waals surface area contributed by atoms with Crippen molar-refractivity contribution in [1.82, 2.24) is 9.36 Å². The molecule has 1 aliphatic rings. The molecule has 2 heterocycles. The molecule has 0 amide bonds. The van der Waals surface area contributed by atoms with E-state index < -0.39 is 0 Å². The van der Waals surface area contributed by atoms with Gasteiger partial charge < -0.3 is 9.47 Å². The maximum Gasteiger partial charge on any atom is 0.209 e. The molecule has 0 spiro atoms. The fourth-order valence-corrected chi connectivity index (χ4v) is 2.58. The van der Waals surface area contributed by atoms with Gasteiger partial charge >= 0.3 is 0 Å². The van der Waals surface area contributed by atoms with Gasteiger partial charge in [0, 0.05) is 0 Å². The molecule has 4 nitrogen and oxygen atoms in total. The summed E-state index contributed by atoms with van der Waals surface area (Å²) in [5.74, 6) is 1.53. The second-order valence-electron chi connectivity index (χ2n) is 3.27. The summed E-state index contributed by atoms with van der Waals surface area (Å²) in [6, 6.07) is 7.61. The molecule has 0 aliphatic carbocycles. The third kappa shape index (κ3) is 1.78. The molecule has 3 rings (SSSR count). The molecule has 0 N–H and O–H groups in total. The summed E-state index contributed by atoms with van der Waals surface area (Å²) in [4.78, 5) is 4.23. The van der Waals surface area contributed by atoms with Gasteiger partial charge in [-0.25, -0.2) is 4.98 Å². The summed E-state index contributed by atoms with van der Waals surface area (Å²) in [6.45, 7) is 0.471. The van der Waals surface area contributed by atoms with E-state index in [-0.39, 0.29) is 6.10 Å². The minimum Gasteiger partial charge on any atom is -0.485 e. The first-order valence-corrected chi connectivity index (χ1v) is 6.27. The van der Waals surface area contributed by atoms with E-state index in [0.717, 1.165) is 16.5 Å². The van der Waals surface area contributed by atoms with E-state index in [1.165, 1.54) is 11.5 Å². The number of rotatable bonds is 1. The number of para-hydroxylation sites is 2. The Kier molecular flexibility index (Phi) is 2.53. The number of ether oxygens (including phenoxy) is 2. The third-order valence-corrected chi connectivity index (χ3v) is 3.60. The van der Waals surface area contributed by atoms with Crippen LogP contribution in [0.5, 0.6) is 11.5 Å². The normalized spacial score (nSPS) is 18.4. The van der Waals surface area contributed by atoms with Crippen molar-refractivity contribution in [2.24, 2.45) is 0 Å². The summed E-state index contributed by atoms with van der Waals surface area (Å²) in [6.07, 6.45) is -0.168. The average molecular weight is 299 g/mol. The van der Waals surface area contributed by atoms with Crippen LogP contribution in [0.4, 0.5) is 0 Å². The number of benzene rings is 1. The molecule has 1 aromatic carbocycles. The highest BCUT2D eigenvalue weighted by Gasteiger charge is 2.25. The van der Waals surface area contributed by atoms with Crippen LogP contribution in [0, 0.1) is 0 Å². The molecule has 0 fully saturated rings. The summed E-state index contributed by atoms with van der Waals surface area (Å²) >= 11 is 4.54. The van der Waals surface area contributed by atoms with E-state index in [9.17, 15) is 0 Å². The number of hydrogen-bond donors (Lipinski definition) is 0. The fraction of sp³-hybridized carbons (Fsp3) is 0.200. The van der Waals surface area contributed by atoms with Crippen LogP contribution in [0.15, 0.2) is 29.0 Å². The lowest BCUT2D eigenvalue weighted by atomic mass is 10.3. The Labute approximate surface area is 105 Å². The van der Waals surface area contributed by atoms with Crippen LogP contribution in [0.3, 0.4) is 0 Å². The minimum atomic E-state index is -0.168. The predicted molar refractivity (Wildman–Crippen MR) is 62.9 cm³/mol. The lowest BCUT2D eigenvalue weighted by Crippen LogP contribution is -2.21. The topological polar surface area (TPSA) is 44.2 Å². The number of fused-ring (bicyclic) bond motifs is 1. The Morgan fingerprint density at radius 2 is 2.12 bits per heavy atom. The zero-order chi connectivity index (χ0) is 11.0. The van der Waals surface area contributed by atoms with Crippen LogP contribution >= 0.6 is 27.5 Å². The van der Waals surface area contributed by atoms with E-state index in [0.29, 0.717) is 11.3 Å². The van der Waals surface area contributed by atoms with Crippen LogP contribution in [-0.4, -0.2) is 16.0 Å². The maximum absolute atomic E-state index is 5.79. The predicted octanol–water partition coefficient (Wildman–Crippen LogP) is 2.81. The van der Waals surface area contributed by atoms with Gasteiger partial charge in [-0.2, -0.15) is 4.37 Å². The molecule has 1 aliphatic heterocycles. The van der Waals surface area contributed by atoms with Gasteiger partial charge in [0.05, 0.1) is 0 Å². The molecule has 0 radical (unpaired) electrons. The van der Waals surface area contributed by atoms with Gasteiger partial charge in [-0.15, -0.1) is 0 Å². The first kappa shape index (κ1) is 10.0. The highest BCUT2D eigenvalue weighted by molar-refractivity contribution is 9.10. The van der Waals surface area contributed by atoms with Gasteiger partial charge in [-0.05, 0) is 39.6 Å². The SMILES string of the molecule is Brc1nsc(C2COc3ccccc3O2)n1. The average Bonchev–Trinajstić information content (AvgIpc) is 2.75. The lowest BCUT2D eigenvalue weighted by Gasteiger charge is -2.24. The molecular weight excluding hydrogens is 292 g/mol. The summed E-state index contributed by atoms with van der Waals surface area (Å²) in [5, 5.41) is 0.821. The van der Waals surface area contributed by atoms with Crippen LogP contribution in [0.25, 0.3) is 0 Å². The smallest absolute Gasteiger partial charge is 0.209 e. The quantitative estimate of drug-likeness (QED) is 0.812. The van der Waals surface area contributed by atoms with Gasteiger partial charge in [-0.1, -0.05) is 12.1 Å². The van der Waals surface area contributed by atoms with Crippen molar-refractivity contribution < 1.29 is 9.47 Å². The van der Waals surface area contributed by atoms with Gasteiger partial charge in [0.15, 0.2) is 22.6 Å². The van der Waals surface area contributed by atoms with E-state index in [2.05, 4.69) is 25.3 Å². The Balaban J connectivity index is 1.88. The number of hydrogen-bond acceptors (Lipinski definition) is 5. The lowest BCUT2D eigenvalue weighted by molar-refractivity contribution is 0.0910. The third-order valence-electron chi connectivity index (χ3n) is 2.20. The van der Waals surface area contributed by atoms with Crippen molar-refractivity contribution in [2.45, 2.75) is 6.10 Å². The largest absolute Gasteiger partial charge is 0.485 e. The van der Waals surface area contributed by atoms with Gasteiger partial charge in [0.1, 0.15) is 6.61 Å². The van der Waals surface area contributed by atoms with Crippen molar-refractivity contribution in [2.75, 3.05) is 6.61 Å². The Morgan fingerprint density at radius 3 is 2.88 bits per heavy atom. The first-order valence-electron chi connectivity index (χ1n) is 4.70. The molecule has 0 saturated heterocycles. The van der Waals surface area contributed by atoms with Crippen LogP contribution in [0.2, 0.25) is 0 Å². The second kappa shape index (κ2) is 4.03. The fourth-order valence-electron chi connectivity index (χ4n) is 1.49. The standard InChI is InChI=1S/C10H7BrN2O2S/c11-10-12-9(16-13-10)8-5-14-6-3-1-2-4-7(6)15-8/h1-4,8H,5H2. The van der Waals surface area contributed by atoms with E-state index in [1.807, 2.05) is 24.3 Å². The molecular formula is C10H7BrN2O2S. The minimum absolute atomic E-state index is 0.168. The van der Waals surface area contributed by atoms with Crippen molar-refractivity contribution in [3.63, 3.8) is 0 Å². The van der Waals surface area contributed by atoms with Crippen molar-refractivity contribution >= 4 is 27.5 Å². The zero-order valence-corrected chi connectivity index (χ0v) is 10.5. The molecule has 1 aromatic heterocycles. The van der Waals surface area contributed by atoms with Crippen LogP contribution < -0.4 is 9.47 Å². The van der Waals surface area contributed by atoms with Crippen molar-refractivity contribution in [3.8, 4) is 11.5 Å². The summed E-state index contributed by atoms with van der Waals surface area (Å²) in [5.41, 5.74) is 0. The number of aromatic nitrogens is 2. The molecule has 0 saturated carbocycles. The van der Waals surface area contributed by atoms with Gasteiger partial charge in [0.2, 0.25) is 4.73 Å². The van der Waals surface area contributed by atoms with Crippen molar-refractivity contribution in [3.05, 3.63) is 34.0 Å². The molecule has 2 aromatic rings. The second-order valence-corrected chi connectivity index (χ2v) is 4.76. The number of nitrogens with zero attached hydrogens (tertiary/aromatic N) is 2. The van der Waals surface area contributed by atoms with E-state index in [4.69, 9.17) is 9.47 Å². The Bertz CT molecular complexity index is 517. The highest BCUT2D eigenvalue weighted by Crippen LogP contribution is 2.36. The summed E-state index contributed by atoms with van der Waals surface area (Å²) < 4.78 is 16.0. The summed E-state index contributed by atoms with van der Waals surface area (Å²) in [7, 11) is 0. The number of halogens is 1. The monoisotopic (exact) mass is 298 g/mol. The molecule has 16 heavy (non-hydrogen) atoms. The van der Waals surface area contributed by atoms with Crippen LogP contribution in [-0.2, 0) is 0 Å².